The van der Waals surface area contributed by atoms with E-state index in [-0.39, 0.29) is 19.6 Å². The van der Waals surface area contributed by atoms with E-state index in [0.717, 1.165) is 11.1 Å². The molecule has 9 nitrogen and oxygen atoms in total. The maximum Gasteiger partial charge on any atom is 0.246 e. The van der Waals surface area contributed by atoms with E-state index in [0.29, 0.717) is 25.4 Å². The Hall–Kier alpha value is -2.49. The van der Waals surface area contributed by atoms with E-state index >= 15 is 0 Å². The molecular weight excluding hydrogens is 338 g/mol. The van der Waals surface area contributed by atoms with Crippen molar-refractivity contribution in [1.82, 2.24) is 5.32 Å². The molecule has 7 N–H and O–H groups in total. The number of hydrogen-bond donors (Lipinski definition) is 4. The van der Waals surface area contributed by atoms with E-state index in [1.165, 1.54) is 0 Å². The highest BCUT2D eigenvalue weighted by Crippen LogP contribution is 2.09. The number of primary amides is 1. The molecule has 0 saturated heterocycles. The molecule has 0 aliphatic rings. The summed E-state index contributed by atoms with van der Waals surface area (Å²) in [5, 5.41) is 6.52. The van der Waals surface area contributed by atoms with E-state index in [1.54, 1.807) is 0 Å². The third kappa shape index (κ3) is 8.06. The van der Waals surface area contributed by atoms with Crippen molar-refractivity contribution in [2.45, 2.75) is 19.4 Å². The zero-order valence-electron chi connectivity index (χ0n) is 14.9. The quantitative estimate of drug-likeness (QED) is 0.209. The molecule has 144 valence electrons. The summed E-state index contributed by atoms with van der Waals surface area (Å²) in [5.74, 6) is -1.03. The molecule has 0 aromatic heterocycles. The molecule has 2 amide bonds. The van der Waals surface area contributed by atoms with E-state index in [2.05, 4.69) is 10.5 Å². The topological polar surface area (TPSA) is 155 Å². The number of nitrogens with two attached hydrogens (primary N) is 3. The van der Waals surface area contributed by atoms with Gasteiger partial charge in [0, 0.05) is 19.5 Å². The minimum Gasteiger partial charge on any atom is -0.394 e. The molecule has 0 aliphatic heterocycles. The van der Waals surface area contributed by atoms with Gasteiger partial charge in [-0.1, -0.05) is 29.4 Å². The van der Waals surface area contributed by atoms with Gasteiger partial charge in [0.25, 0.3) is 0 Å². The van der Waals surface area contributed by atoms with Gasteiger partial charge in [-0.15, -0.1) is 0 Å². The van der Waals surface area contributed by atoms with Crippen molar-refractivity contribution >= 4 is 17.5 Å². The van der Waals surface area contributed by atoms with Crippen LogP contribution in [0.25, 0.3) is 0 Å². The van der Waals surface area contributed by atoms with Crippen LogP contribution in [0.1, 0.15) is 18.1 Å². The predicted octanol–water partition coefficient (Wildman–Crippen LogP) is -1.13. The van der Waals surface area contributed by atoms with E-state index in [9.17, 15) is 9.59 Å². The van der Waals surface area contributed by atoms with Gasteiger partial charge in [0.1, 0.15) is 19.3 Å². The third-order valence-electron chi connectivity index (χ3n) is 3.40. The second-order valence-corrected chi connectivity index (χ2v) is 5.56. The average molecular weight is 365 g/mol. The smallest absolute Gasteiger partial charge is 0.246 e. The van der Waals surface area contributed by atoms with Crippen LogP contribution in [-0.2, 0) is 25.6 Å². The van der Waals surface area contributed by atoms with Crippen LogP contribution in [0.4, 0.5) is 0 Å². The number of rotatable bonds is 12. The lowest BCUT2D eigenvalue weighted by Gasteiger charge is -2.16. The lowest BCUT2D eigenvalue weighted by Crippen LogP contribution is -2.47. The van der Waals surface area contributed by atoms with Crippen LogP contribution in [0.3, 0.4) is 0 Å². The number of oxime groups is 1. The number of hydrogen-bond acceptors (Lipinski definition) is 7. The number of nitrogens with zero attached hydrogens (tertiary/aromatic N) is 1. The van der Waals surface area contributed by atoms with E-state index < -0.39 is 17.9 Å². The molecule has 26 heavy (non-hydrogen) atoms. The first kappa shape index (κ1) is 21.6. The molecule has 0 spiro atoms. The van der Waals surface area contributed by atoms with E-state index in [4.69, 9.17) is 26.8 Å². The first-order valence-corrected chi connectivity index (χ1v) is 8.30. The highest BCUT2D eigenvalue weighted by Gasteiger charge is 2.18. The Kier molecular flexibility index (Phi) is 9.91. The van der Waals surface area contributed by atoms with Crippen molar-refractivity contribution < 1.29 is 19.2 Å². The van der Waals surface area contributed by atoms with Crippen LogP contribution < -0.4 is 22.5 Å². The molecule has 0 radical (unpaired) electrons. The molecule has 1 aromatic rings. The summed E-state index contributed by atoms with van der Waals surface area (Å²) >= 11 is 0. The van der Waals surface area contributed by atoms with Crippen molar-refractivity contribution in [3.8, 4) is 0 Å². The summed E-state index contributed by atoms with van der Waals surface area (Å²) in [6.45, 7) is 2.99. The summed E-state index contributed by atoms with van der Waals surface area (Å²) in [4.78, 5) is 28.4. The Balaban J connectivity index is 2.64. The zero-order valence-corrected chi connectivity index (χ0v) is 14.9. The standard InChI is InChI=1S/C17H27N5O4/c1-12(22-26-9-7-19)14-4-2-13(3-5-14)10-15(17(20)24)21-16(23)11-25-8-6-18/h2-5,15H,6-11,18-19H2,1H3,(H2,20,24)(H,21,23)/b22-12-/t15-/m0/s1. The monoisotopic (exact) mass is 365 g/mol. The molecule has 9 heteroatoms. The van der Waals surface area contributed by atoms with Gasteiger partial charge in [0.2, 0.25) is 11.8 Å². The summed E-state index contributed by atoms with van der Waals surface area (Å²) in [5.41, 5.74) is 18.4. The molecule has 1 aromatic carbocycles. The van der Waals surface area contributed by atoms with Gasteiger partial charge >= 0.3 is 0 Å². The first-order valence-electron chi connectivity index (χ1n) is 8.30. The number of amides is 2. The molecular formula is C17H27N5O4. The van der Waals surface area contributed by atoms with Crippen LogP contribution >= 0.6 is 0 Å². The molecule has 0 unspecified atom stereocenters. The lowest BCUT2D eigenvalue weighted by atomic mass is 10.0. The summed E-state index contributed by atoms with van der Waals surface area (Å²) in [7, 11) is 0. The van der Waals surface area contributed by atoms with Gasteiger partial charge in [-0.25, -0.2) is 0 Å². The number of carbonyl (C=O) groups is 2. The fourth-order valence-corrected chi connectivity index (χ4v) is 2.07. The predicted molar refractivity (Wildman–Crippen MR) is 98.4 cm³/mol. The Morgan fingerprint density at radius 3 is 2.38 bits per heavy atom. The van der Waals surface area contributed by atoms with Crippen LogP contribution in [0.2, 0.25) is 0 Å². The normalized spacial score (nSPS) is 12.5. The molecule has 0 heterocycles. The minimum absolute atomic E-state index is 0.168. The molecule has 1 atom stereocenters. The number of carbonyl (C=O) groups excluding carboxylic acids is 2. The molecule has 0 aliphatic carbocycles. The highest BCUT2D eigenvalue weighted by atomic mass is 16.6. The van der Waals surface area contributed by atoms with Crippen molar-refractivity contribution in [1.29, 1.82) is 0 Å². The van der Waals surface area contributed by atoms with Crippen molar-refractivity contribution in [3.05, 3.63) is 35.4 Å². The first-order chi connectivity index (χ1) is 12.5. The fraction of sp³-hybridized carbons (Fsp3) is 0.471. The molecule has 0 saturated carbocycles. The van der Waals surface area contributed by atoms with Gasteiger partial charge < -0.3 is 32.1 Å². The highest BCUT2D eigenvalue weighted by molar-refractivity contribution is 5.98. The zero-order chi connectivity index (χ0) is 19.4. The average Bonchev–Trinajstić information content (AvgIpc) is 2.62. The Bertz CT molecular complexity index is 604. The molecule has 0 fully saturated rings. The molecule has 0 bridgehead atoms. The van der Waals surface area contributed by atoms with Crippen LogP contribution in [-0.4, -0.2) is 56.5 Å². The summed E-state index contributed by atoms with van der Waals surface area (Å²) in [6, 6.07) is 6.56. The lowest BCUT2D eigenvalue weighted by molar-refractivity contribution is -0.130. The second-order valence-electron chi connectivity index (χ2n) is 5.56. The van der Waals surface area contributed by atoms with Crippen molar-refractivity contribution in [2.24, 2.45) is 22.4 Å². The second kappa shape index (κ2) is 12.0. The van der Waals surface area contributed by atoms with Crippen LogP contribution in [0.5, 0.6) is 0 Å². The SMILES string of the molecule is C/C(=N/OCCN)c1ccc(C[C@H](NC(=O)COCCN)C(N)=O)cc1. The van der Waals surface area contributed by atoms with Gasteiger partial charge in [-0.05, 0) is 18.1 Å². The number of nitrogens with one attached hydrogen (secondary N) is 1. The molecule has 1 rings (SSSR count). The number of ether oxygens (including phenoxy) is 1. The van der Waals surface area contributed by atoms with Gasteiger partial charge in [0.05, 0.1) is 12.3 Å². The minimum atomic E-state index is -0.822. The summed E-state index contributed by atoms with van der Waals surface area (Å²) < 4.78 is 5.04. The number of benzene rings is 1. The Morgan fingerprint density at radius 2 is 1.81 bits per heavy atom. The van der Waals surface area contributed by atoms with E-state index in [1.807, 2.05) is 31.2 Å². The maximum absolute atomic E-state index is 11.8. The van der Waals surface area contributed by atoms with Gasteiger partial charge in [-0.3, -0.25) is 9.59 Å². The summed E-state index contributed by atoms with van der Waals surface area (Å²) in [6.07, 6.45) is 0.276. The van der Waals surface area contributed by atoms with Gasteiger partial charge in [0.15, 0.2) is 0 Å². The van der Waals surface area contributed by atoms with Gasteiger partial charge in [-0.2, -0.15) is 0 Å². The maximum atomic E-state index is 11.8. The largest absolute Gasteiger partial charge is 0.394 e. The van der Waals surface area contributed by atoms with Crippen LogP contribution in [0.15, 0.2) is 29.4 Å². The van der Waals surface area contributed by atoms with Crippen molar-refractivity contribution in [3.63, 3.8) is 0 Å². The third-order valence-corrected chi connectivity index (χ3v) is 3.40. The van der Waals surface area contributed by atoms with Crippen molar-refractivity contribution in [2.75, 3.05) is 32.9 Å². The Morgan fingerprint density at radius 1 is 1.15 bits per heavy atom. The van der Waals surface area contributed by atoms with Crippen LogP contribution in [0, 0.1) is 0 Å². The Labute approximate surface area is 152 Å². The fourth-order valence-electron chi connectivity index (χ4n) is 2.07.